The average Bonchev–Trinajstić information content (AvgIpc) is 2.52. The van der Waals surface area contributed by atoms with Crippen molar-refractivity contribution in [2.45, 2.75) is 20.3 Å². The summed E-state index contributed by atoms with van der Waals surface area (Å²) in [6.45, 7) is 3.46. The molecule has 126 valence electrons. The zero-order valence-corrected chi connectivity index (χ0v) is 14.2. The SMILES string of the molecule is CC(=O)N(CCC(=O)Nc1ccc(Cl)cc1C)c1ccc(F)cc1. The van der Waals surface area contributed by atoms with E-state index in [1.54, 1.807) is 18.2 Å². The van der Waals surface area contributed by atoms with Gasteiger partial charge in [-0.2, -0.15) is 0 Å². The van der Waals surface area contributed by atoms with Gasteiger partial charge in [0.05, 0.1) is 0 Å². The molecular formula is C18H18ClFN2O2. The predicted octanol–water partition coefficient (Wildman–Crippen LogP) is 4.17. The van der Waals surface area contributed by atoms with Gasteiger partial charge >= 0.3 is 0 Å². The molecule has 0 aliphatic rings. The number of nitrogens with one attached hydrogen (secondary N) is 1. The molecule has 2 amide bonds. The Labute approximate surface area is 145 Å². The van der Waals surface area contributed by atoms with Crippen LogP contribution in [-0.2, 0) is 9.59 Å². The highest BCUT2D eigenvalue weighted by molar-refractivity contribution is 6.30. The highest BCUT2D eigenvalue weighted by Gasteiger charge is 2.14. The molecule has 0 saturated heterocycles. The van der Waals surface area contributed by atoms with Crippen molar-refractivity contribution in [1.29, 1.82) is 0 Å². The van der Waals surface area contributed by atoms with E-state index in [0.29, 0.717) is 16.4 Å². The van der Waals surface area contributed by atoms with Crippen LogP contribution in [0.1, 0.15) is 18.9 Å². The molecule has 2 aromatic rings. The van der Waals surface area contributed by atoms with Crippen molar-refractivity contribution in [3.8, 4) is 0 Å². The molecule has 0 atom stereocenters. The molecule has 0 aromatic heterocycles. The number of halogens is 2. The summed E-state index contributed by atoms with van der Waals surface area (Å²) in [5, 5.41) is 3.40. The summed E-state index contributed by atoms with van der Waals surface area (Å²) in [6, 6.07) is 10.8. The van der Waals surface area contributed by atoms with Crippen molar-refractivity contribution in [1.82, 2.24) is 0 Å². The Morgan fingerprint density at radius 2 is 1.83 bits per heavy atom. The van der Waals surface area contributed by atoms with E-state index in [1.165, 1.54) is 36.1 Å². The summed E-state index contributed by atoms with van der Waals surface area (Å²) in [6.07, 6.45) is 0.124. The standard InChI is InChI=1S/C18H18ClFN2O2/c1-12-11-14(19)3-8-17(12)21-18(24)9-10-22(13(2)23)16-6-4-15(20)5-7-16/h3-8,11H,9-10H2,1-2H3,(H,21,24). The van der Waals surface area contributed by atoms with Crippen LogP contribution in [0.4, 0.5) is 15.8 Å². The molecule has 2 rings (SSSR count). The monoisotopic (exact) mass is 348 g/mol. The van der Waals surface area contributed by atoms with E-state index in [9.17, 15) is 14.0 Å². The first-order valence-electron chi connectivity index (χ1n) is 7.46. The minimum Gasteiger partial charge on any atom is -0.326 e. The molecular weight excluding hydrogens is 331 g/mol. The largest absolute Gasteiger partial charge is 0.326 e. The van der Waals surface area contributed by atoms with Crippen molar-refractivity contribution >= 4 is 34.8 Å². The van der Waals surface area contributed by atoms with E-state index in [1.807, 2.05) is 6.92 Å². The fraction of sp³-hybridized carbons (Fsp3) is 0.222. The van der Waals surface area contributed by atoms with Gasteiger partial charge in [0.15, 0.2) is 0 Å². The molecule has 0 radical (unpaired) electrons. The second-order valence-electron chi connectivity index (χ2n) is 5.40. The molecule has 0 aliphatic carbocycles. The maximum Gasteiger partial charge on any atom is 0.226 e. The van der Waals surface area contributed by atoms with Gasteiger partial charge in [-0.15, -0.1) is 0 Å². The number of carbonyl (C=O) groups is 2. The van der Waals surface area contributed by atoms with Crippen molar-refractivity contribution in [3.05, 3.63) is 58.9 Å². The molecule has 0 heterocycles. The molecule has 4 nitrogen and oxygen atoms in total. The number of rotatable bonds is 5. The van der Waals surface area contributed by atoms with Gasteiger partial charge in [0.25, 0.3) is 0 Å². The molecule has 0 fully saturated rings. The first kappa shape index (κ1) is 17.9. The lowest BCUT2D eigenvalue weighted by Crippen LogP contribution is -2.32. The van der Waals surface area contributed by atoms with Gasteiger partial charge in [0.1, 0.15) is 5.82 Å². The summed E-state index contributed by atoms with van der Waals surface area (Å²) in [4.78, 5) is 25.3. The number of aryl methyl sites for hydroxylation is 1. The number of hydrogen-bond donors (Lipinski definition) is 1. The zero-order valence-electron chi connectivity index (χ0n) is 13.5. The summed E-state index contributed by atoms with van der Waals surface area (Å²) in [5.41, 5.74) is 2.10. The lowest BCUT2D eigenvalue weighted by atomic mass is 10.2. The molecule has 24 heavy (non-hydrogen) atoms. The van der Waals surface area contributed by atoms with Crippen LogP contribution in [0.2, 0.25) is 5.02 Å². The van der Waals surface area contributed by atoms with Gasteiger partial charge in [-0.05, 0) is 55.0 Å². The van der Waals surface area contributed by atoms with Crippen LogP contribution in [0, 0.1) is 12.7 Å². The number of carbonyl (C=O) groups excluding carboxylic acids is 2. The first-order valence-corrected chi connectivity index (χ1v) is 7.84. The van der Waals surface area contributed by atoms with Crippen LogP contribution >= 0.6 is 11.6 Å². The number of hydrogen-bond acceptors (Lipinski definition) is 2. The fourth-order valence-corrected chi connectivity index (χ4v) is 2.51. The number of benzene rings is 2. The van der Waals surface area contributed by atoms with Gasteiger partial charge in [-0.3, -0.25) is 9.59 Å². The van der Waals surface area contributed by atoms with Gasteiger partial charge < -0.3 is 10.2 Å². The smallest absolute Gasteiger partial charge is 0.226 e. The van der Waals surface area contributed by atoms with Crippen LogP contribution in [0.25, 0.3) is 0 Å². The quantitative estimate of drug-likeness (QED) is 0.881. The maximum atomic E-state index is 13.0. The second kappa shape index (κ2) is 7.93. The predicted molar refractivity (Wildman–Crippen MR) is 93.9 cm³/mol. The molecule has 2 aromatic carbocycles. The van der Waals surface area contributed by atoms with E-state index >= 15 is 0 Å². The lowest BCUT2D eigenvalue weighted by molar-refractivity contribution is -0.117. The van der Waals surface area contributed by atoms with Crippen LogP contribution in [0.5, 0.6) is 0 Å². The Balaban J connectivity index is 2.00. The lowest BCUT2D eigenvalue weighted by Gasteiger charge is -2.21. The third-order valence-electron chi connectivity index (χ3n) is 3.54. The van der Waals surface area contributed by atoms with E-state index in [2.05, 4.69) is 5.32 Å². The maximum absolute atomic E-state index is 13.0. The van der Waals surface area contributed by atoms with Crippen molar-refractivity contribution in [2.24, 2.45) is 0 Å². The van der Waals surface area contributed by atoms with Gasteiger partial charge in [-0.1, -0.05) is 11.6 Å². The normalized spacial score (nSPS) is 10.3. The fourth-order valence-electron chi connectivity index (χ4n) is 2.28. The Bertz CT molecular complexity index is 747. The van der Waals surface area contributed by atoms with E-state index < -0.39 is 0 Å². The van der Waals surface area contributed by atoms with Gasteiger partial charge in [0, 0.05) is 36.3 Å². The molecule has 6 heteroatoms. The second-order valence-corrected chi connectivity index (χ2v) is 5.84. The van der Waals surface area contributed by atoms with Crippen molar-refractivity contribution < 1.29 is 14.0 Å². The number of nitrogens with zero attached hydrogens (tertiary/aromatic N) is 1. The summed E-state index contributed by atoms with van der Waals surface area (Å²) >= 11 is 5.89. The van der Waals surface area contributed by atoms with Gasteiger partial charge in [0.2, 0.25) is 11.8 Å². The number of amides is 2. The third kappa shape index (κ3) is 4.80. The topological polar surface area (TPSA) is 49.4 Å². The third-order valence-corrected chi connectivity index (χ3v) is 3.78. The highest BCUT2D eigenvalue weighted by Crippen LogP contribution is 2.20. The molecule has 0 bridgehead atoms. The Morgan fingerprint density at radius 1 is 1.17 bits per heavy atom. The van der Waals surface area contributed by atoms with Crippen LogP contribution in [0.3, 0.4) is 0 Å². The molecule has 0 aliphatic heterocycles. The van der Waals surface area contributed by atoms with Crippen LogP contribution in [-0.4, -0.2) is 18.4 Å². The van der Waals surface area contributed by atoms with E-state index in [4.69, 9.17) is 11.6 Å². The van der Waals surface area contributed by atoms with Crippen LogP contribution in [0.15, 0.2) is 42.5 Å². The van der Waals surface area contributed by atoms with Crippen molar-refractivity contribution in [3.63, 3.8) is 0 Å². The Hall–Kier alpha value is -2.40. The van der Waals surface area contributed by atoms with E-state index in [0.717, 1.165) is 5.56 Å². The van der Waals surface area contributed by atoms with Crippen LogP contribution < -0.4 is 10.2 Å². The summed E-state index contributed by atoms with van der Waals surface area (Å²) in [7, 11) is 0. The number of anilines is 2. The molecule has 0 saturated carbocycles. The Kier molecular flexibility index (Phi) is 5.93. The minimum atomic E-state index is -0.377. The summed E-state index contributed by atoms with van der Waals surface area (Å²) < 4.78 is 13.0. The molecule has 1 N–H and O–H groups in total. The zero-order chi connectivity index (χ0) is 17.7. The van der Waals surface area contributed by atoms with E-state index in [-0.39, 0.29) is 30.6 Å². The molecule has 0 unspecified atom stereocenters. The van der Waals surface area contributed by atoms with Gasteiger partial charge in [-0.25, -0.2) is 4.39 Å². The Morgan fingerprint density at radius 3 is 2.42 bits per heavy atom. The minimum absolute atomic E-state index is 0.124. The highest BCUT2D eigenvalue weighted by atomic mass is 35.5. The summed E-state index contributed by atoms with van der Waals surface area (Å²) in [5.74, 6) is -0.802. The molecule has 0 spiro atoms. The van der Waals surface area contributed by atoms with Crippen molar-refractivity contribution in [2.75, 3.05) is 16.8 Å². The average molecular weight is 349 g/mol. The first-order chi connectivity index (χ1) is 11.4.